The van der Waals surface area contributed by atoms with Gasteiger partial charge in [0.05, 0.1) is 5.92 Å². The van der Waals surface area contributed by atoms with Gasteiger partial charge in [-0.25, -0.2) is 0 Å². The van der Waals surface area contributed by atoms with Crippen LogP contribution in [0.5, 0.6) is 0 Å². The van der Waals surface area contributed by atoms with Crippen LogP contribution >= 0.6 is 0 Å². The van der Waals surface area contributed by atoms with E-state index in [1.165, 1.54) is 0 Å². The predicted molar refractivity (Wildman–Crippen MR) is 40.7 cm³/mol. The standard InChI is InChI=1S/C8H13F3N/c9-8(10,11)7-3-1-6(5-12)2-4-7/h6-7,12H,1-5H2/q-1. The molecule has 4 heteroatoms. The molecule has 0 heterocycles. The van der Waals surface area contributed by atoms with Gasteiger partial charge in [0.2, 0.25) is 0 Å². The molecule has 1 saturated carbocycles. The second kappa shape index (κ2) is 3.64. The summed E-state index contributed by atoms with van der Waals surface area (Å²) in [4.78, 5) is 0. The van der Waals surface area contributed by atoms with Crippen molar-refractivity contribution < 1.29 is 13.2 Å². The maximum absolute atomic E-state index is 12.1. The van der Waals surface area contributed by atoms with Crippen molar-refractivity contribution in [1.82, 2.24) is 0 Å². The Hall–Kier alpha value is -0.250. The van der Waals surface area contributed by atoms with Gasteiger partial charge >= 0.3 is 6.18 Å². The molecule has 0 radical (unpaired) electrons. The van der Waals surface area contributed by atoms with Gasteiger partial charge < -0.3 is 5.73 Å². The molecule has 1 aliphatic rings. The lowest BCUT2D eigenvalue weighted by Crippen LogP contribution is -2.28. The Labute approximate surface area is 70.1 Å². The van der Waals surface area contributed by atoms with Crippen LogP contribution in [0, 0.1) is 11.8 Å². The van der Waals surface area contributed by atoms with E-state index in [9.17, 15) is 13.2 Å². The molecule has 0 aliphatic heterocycles. The van der Waals surface area contributed by atoms with Gasteiger partial charge in [-0.1, -0.05) is 18.8 Å². The van der Waals surface area contributed by atoms with Gasteiger partial charge in [0.1, 0.15) is 0 Å². The second-order valence-electron chi connectivity index (χ2n) is 3.46. The summed E-state index contributed by atoms with van der Waals surface area (Å²) >= 11 is 0. The van der Waals surface area contributed by atoms with Crippen molar-refractivity contribution in [3.63, 3.8) is 0 Å². The Balaban J connectivity index is 2.36. The fraction of sp³-hybridized carbons (Fsp3) is 1.00. The Bertz CT molecular complexity index is 136. The first kappa shape index (κ1) is 9.84. The van der Waals surface area contributed by atoms with Gasteiger partial charge in [-0.3, -0.25) is 0 Å². The summed E-state index contributed by atoms with van der Waals surface area (Å²) < 4.78 is 36.4. The van der Waals surface area contributed by atoms with Gasteiger partial charge in [-0.2, -0.15) is 13.2 Å². The molecule has 1 aliphatic carbocycles. The third-order valence-electron chi connectivity index (χ3n) is 2.60. The van der Waals surface area contributed by atoms with Crippen molar-refractivity contribution in [2.45, 2.75) is 31.9 Å². The lowest BCUT2D eigenvalue weighted by atomic mass is 9.82. The Morgan fingerprint density at radius 3 is 1.92 bits per heavy atom. The van der Waals surface area contributed by atoms with Gasteiger partial charge in [-0.05, 0) is 12.8 Å². The van der Waals surface area contributed by atoms with Crippen molar-refractivity contribution in [3.05, 3.63) is 5.73 Å². The van der Waals surface area contributed by atoms with Gasteiger partial charge in [0, 0.05) is 0 Å². The molecular formula is C8H13F3N-. The van der Waals surface area contributed by atoms with Gasteiger partial charge in [-0.15, -0.1) is 6.54 Å². The Morgan fingerprint density at radius 2 is 1.58 bits per heavy atom. The maximum Gasteiger partial charge on any atom is 0.391 e. The molecule has 0 aromatic heterocycles. The number of halogens is 3. The predicted octanol–water partition coefficient (Wildman–Crippen LogP) is 3.41. The monoisotopic (exact) mass is 180 g/mol. The van der Waals surface area contributed by atoms with Crippen molar-refractivity contribution >= 4 is 0 Å². The van der Waals surface area contributed by atoms with Crippen LogP contribution < -0.4 is 0 Å². The summed E-state index contributed by atoms with van der Waals surface area (Å²) in [6.07, 6.45) is -2.39. The van der Waals surface area contributed by atoms with Crippen molar-refractivity contribution in [2.75, 3.05) is 6.54 Å². The highest BCUT2D eigenvalue weighted by molar-refractivity contribution is 4.79. The summed E-state index contributed by atoms with van der Waals surface area (Å²) in [6.45, 7) is 0.282. The van der Waals surface area contributed by atoms with Crippen LogP contribution in [0.15, 0.2) is 0 Å². The molecule has 0 spiro atoms. The van der Waals surface area contributed by atoms with E-state index < -0.39 is 12.1 Å². The van der Waals surface area contributed by atoms with E-state index in [0.717, 1.165) is 0 Å². The lowest BCUT2D eigenvalue weighted by Gasteiger charge is -2.30. The zero-order valence-corrected chi connectivity index (χ0v) is 6.82. The minimum atomic E-state index is -4.01. The molecule has 0 bridgehead atoms. The molecule has 0 aromatic rings. The fourth-order valence-electron chi connectivity index (χ4n) is 1.69. The molecule has 0 unspecified atom stereocenters. The molecule has 0 aromatic carbocycles. The van der Waals surface area contributed by atoms with Crippen LogP contribution in [-0.2, 0) is 0 Å². The molecule has 12 heavy (non-hydrogen) atoms. The zero-order valence-electron chi connectivity index (χ0n) is 6.82. The molecule has 0 amide bonds. The third-order valence-corrected chi connectivity index (χ3v) is 2.60. The Morgan fingerprint density at radius 1 is 1.08 bits per heavy atom. The summed E-state index contributed by atoms with van der Waals surface area (Å²) in [6, 6.07) is 0. The van der Waals surface area contributed by atoms with Crippen LogP contribution in [-0.4, -0.2) is 12.7 Å². The topological polar surface area (TPSA) is 23.8 Å². The largest absolute Gasteiger partial charge is 0.677 e. The van der Waals surface area contributed by atoms with Crippen molar-refractivity contribution in [3.8, 4) is 0 Å². The molecule has 1 nitrogen and oxygen atoms in total. The average Bonchev–Trinajstić information content (AvgIpc) is 2.03. The van der Waals surface area contributed by atoms with Gasteiger partial charge in [0.25, 0.3) is 0 Å². The smallest absolute Gasteiger partial charge is 0.391 e. The van der Waals surface area contributed by atoms with Crippen LogP contribution in [0.1, 0.15) is 25.7 Å². The van der Waals surface area contributed by atoms with Crippen molar-refractivity contribution in [1.29, 1.82) is 0 Å². The number of hydrogen-bond acceptors (Lipinski definition) is 0. The lowest BCUT2D eigenvalue weighted by molar-refractivity contribution is -0.183. The first-order valence-electron chi connectivity index (χ1n) is 4.25. The number of alkyl halides is 3. The molecule has 1 N–H and O–H groups in total. The van der Waals surface area contributed by atoms with Crippen molar-refractivity contribution in [2.24, 2.45) is 11.8 Å². The summed E-state index contributed by atoms with van der Waals surface area (Å²) in [7, 11) is 0. The van der Waals surface area contributed by atoms with E-state index in [0.29, 0.717) is 12.8 Å². The number of nitrogens with one attached hydrogen (secondary N) is 1. The van der Waals surface area contributed by atoms with E-state index in [2.05, 4.69) is 0 Å². The van der Waals surface area contributed by atoms with Crippen LogP contribution in [0.3, 0.4) is 0 Å². The first-order chi connectivity index (χ1) is 5.54. The van der Waals surface area contributed by atoms with E-state index in [4.69, 9.17) is 5.73 Å². The highest BCUT2D eigenvalue weighted by atomic mass is 19.4. The summed E-state index contributed by atoms with van der Waals surface area (Å²) in [5.74, 6) is -0.885. The van der Waals surface area contributed by atoms with E-state index in [1.807, 2.05) is 0 Å². The van der Waals surface area contributed by atoms with Crippen LogP contribution in [0.25, 0.3) is 5.73 Å². The second-order valence-corrected chi connectivity index (χ2v) is 3.46. The molecule has 1 fully saturated rings. The quantitative estimate of drug-likeness (QED) is 0.590. The number of rotatable bonds is 1. The summed E-state index contributed by atoms with van der Waals surface area (Å²) in [5, 5.41) is 0. The minimum Gasteiger partial charge on any atom is -0.677 e. The fourth-order valence-corrected chi connectivity index (χ4v) is 1.69. The van der Waals surface area contributed by atoms with E-state index >= 15 is 0 Å². The highest BCUT2D eigenvalue weighted by Crippen LogP contribution is 2.39. The highest BCUT2D eigenvalue weighted by Gasteiger charge is 2.40. The SMILES string of the molecule is [NH-]CC1CCC(C(F)(F)F)CC1. The molecule has 0 atom stereocenters. The third kappa shape index (κ3) is 2.37. The first-order valence-corrected chi connectivity index (χ1v) is 4.25. The zero-order chi connectivity index (χ0) is 9.19. The van der Waals surface area contributed by atoms with E-state index in [-0.39, 0.29) is 25.3 Å². The normalized spacial score (nSPS) is 32.0. The van der Waals surface area contributed by atoms with Gasteiger partial charge in [0.15, 0.2) is 0 Å². The van der Waals surface area contributed by atoms with Crippen LogP contribution in [0.4, 0.5) is 13.2 Å². The number of hydrogen-bond donors (Lipinski definition) is 0. The average molecular weight is 180 g/mol. The molecular weight excluding hydrogens is 167 g/mol. The molecule has 1 rings (SSSR count). The van der Waals surface area contributed by atoms with E-state index in [1.54, 1.807) is 0 Å². The molecule has 0 saturated heterocycles. The Kier molecular flexibility index (Phi) is 2.99. The minimum absolute atomic E-state index is 0.212. The maximum atomic E-state index is 12.1. The molecule has 72 valence electrons. The van der Waals surface area contributed by atoms with Crippen LogP contribution in [0.2, 0.25) is 0 Å². The summed E-state index contributed by atoms with van der Waals surface area (Å²) in [5.41, 5.74) is 7.04.